The summed E-state index contributed by atoms with van der Waals surface area (Å²) < 4.78 is 0. The molecule has 0 saturated heterocycles. The van der Waals surface area contributed by atoms with E-state index < -0.39 is 19.0 Å². The molecule has 0 unspecified atom stereocenters. The summed E-state index contributed by atoms with van der Waals surface area (Å²) in [5, 5.41) is 32.3. The largest absolute Gasteiger partial charge is 0.480 e. The van der Waals surface area contributed by atoms with Crippen LogP contribution >= 0.6 is 11.3 Å². The monoisotopic (exact) mass is 345 g/mol. The van der Waals surface area contributed by atoms with Crippen molar-refractivity contribution < 1.29 is 24.7 Å². The maximum absolute atomic E-state index is 12.1. The molecule has 0 aliphatic rings. The van der Waals surface area contributed by atoms with Gasteiger partial charge in [-0.15, -0.1) is 11.3 Å². The topological polar surface area (TPSA) is 107 Å². The van der Waals surface area contributed by atoms with Gasteiger partial charge in [-0.2, -0.15) is 0 Å². The SMILES string of the molecule is O=C(O)C=Cc1cccc([C@H](NC(=O)Cc2cccs2)B(O)O)c1. The van der Waals surface area contributed by atoms with Crippen molar-refractivity contribution in [3.8, 4) is 0 Å². The van der Waals surface area contributed by atoms with Crippen molar-refractivity contribution >= 4 is 36.4 Å². The highest BCUT2D eigenvalue weighted by Gasteiger charge is 2.27. The lowest BCUT2D eigenvalue weighted by atomic mass is 9.74. The number of nitrogens with one attached hydrogen (secondary N) is 1. The van der Waals surface area contributed by atoms with Crippen molar-refractivity contribution in [2.24, 2.45) is 0 Å². The molecule has 0 aliphatic heterocycles. The summed E-state index contributed by atoms with van der Waals surface area (Å²) >= 11 is 1.44. The van der Waals surface area contributed by atoms with Gasteiger partial charge in [0.05, 0.1) is 12.4 Å². The van der Waals surface area contributed by atoms with E-state index in [1.165, 1.54) is 17.4 Å². The van der Waals surface area contributed by atoms with E-state index >= 15 is 0 Å². The first-order chi connectivity index (χ1) is 11.5. The lowest BCUT2D eigenvalue weighted by molar-refractivity contribution is -0.131. The zero-order valence-corrected chi connectivity index (χ0v) is 13.4. The lowest BCUT2D eigenvalue weighted by Gasteiger charge is -2.18. The number of amides is 1. The summed E-state index contributed by atoms with van der Waals surface area (Å²) in [5.41, 5.74) is 1.05. The molecule has 0 saturated carbocycles. The van der Waals surface area contributed by atoms with Crippen molar-refractivity contribution in [3.05, 3.63) is 63.9 Å². The Morgan fingerprint density at radius 2 is 2.04 bits per heavy atom. The van der Waals surface area contributed by atoms with Crippen molar-refractivity contribution in [3.63, 3.8) is 0 Å². The Morgan fingerprint density at radius 1 is 1.25 bits per heavy atom. The van der Waals surface area contributed by atoms with Crippen LogP contribution in [0.1, 0.15) is 21.9 Å². The van der Waals surface area contributed by atoms with Gasteiger partial charge < -0.3 is 20.5 Å². The van der Waals surface area contributed by atoms with Gasteiger partial charge in [0.25, 0.3) is 0 Å². The normalized spacial score (nSPS) is 12.1. The van der Waals surface area contributed by atoms with Gasteiger partial charge in [0.15, 0.2) is 0 Å². The third-order valence-electron chi connectivity index (χ3n) is 3.22. The van der Waals surface area contributed by atoms with Gasteiger partial charge in [0.1, 0.15) is 0 Å². The summed E-state index contributed by atoms with van der Waals surface area (Å²) in [6, 6.07) is 10.2. The van der Waals surface area contributed by atoms with Crippen LogP contribution in [0.3, 0.4) is 0 Å². The first-order valence-electron chi connectivity index (χ1n) is 7.14. The second kappa shape index (κ2) is 8.44. The molecular weight excluding hydrogens is 329 g/mol. The van der Waals surface area contributed by atoms with Crippen LogP contribution in [0.2, 0.25) is 0 Å². The fourth-order valence-electron chi connectivity index (χ4n) is 2.15. The molecule has 6 nitrogen and oxygen atoms in total. The van der Waals surface area contributed by atoms with E-state index in [2.05, 4.69) is 5.32 Å². The van der Waals surface area contributed by atoms with Gasteiger partial charge in [-0.05, 0) is 28.6 Å². The first kappa shape index (κ1) is 17.9. The van der Waals surface area contributed by atoms with Gasteiger partial charge in [0.2, 0.25) is 5.91 Å². The molecule has 24 heavy (non-hydrogen) atoms. The standard InChI is InChI=1S/C16H16BNO5S/c19-14(10-13-5-2-8-24-13)18-16(17(22)23)12-4-1-3-11(9-12)6-7-15(20)21/h1-9,16,22-23H,10H2,(H,18,19)(H,20,21)/t16-/m0/s1. The number of rotatable bonds is 7. The maximum atomic E-state index is 12.1. The van der Waals surface area contributed by atoms with E-state index in [4.69, 9.17) is 5.11 Å². The molecule has 124 valence electrons. The molecule has 1 aromatic heterocycles. The predicted octanol–water partition coefficient (Wildman–Crippen LogP) is 1.26. The Hall–Kier alpha value is -2.42. The quantitative estimate of drug-likeness (QED) is 0.446. The zero-order valence-electron chi connectivity index (χ0n) is 12.6. The minimum Gasteiger partial charge on any atom is -0.478 e. The number of carboxylic acid groups (broad SMARTS) is 1. The zero-order chi connectivity index (χ0) is 17.5. The summed E-state index contributed by atoms with van der Waals surface area (Å²) in [7, 11) is -1.78. The van der Waals surface area contributed by atoms with E-state index in [9.17, 15) is 19.6 Å². The number of hydrogen-bond donors (Lipinski definition) is 4. The first-order valence-corrected chi connectivity index (χ1v) is 8.02. The third-order valence-corrected chi connectivity index (χ3v) is 4.09. The molecule has 2 aromatic rings. The van der Waals surface area contributed by atoms with Crippen LogP contribution < -0.4 is 5.32 Å². The smallest absolute Gasteiger partial charge is 0.478 e. The van der Waals surface area contributed by atoms with E-state index in [0.717, 1.165) is 11.0 Å². The van der Waals surface area contributed by atoms with Crippen LogP contribution in [0.25, 0.3) is 6.08 Å². The number of aliphatic carboxylic acids is 1. The van der Waals surface area contributed by atoms with E-state index in [-0.39, 0.29) is 12.3 Å². The molecule has 1 atom stereocenters. The molecule has 0 radical (unpaired) electrons. The summed E-state index contributed by atoms with van der Waals surface area (Å²) in [6.07, 6.45) is 2.53. The molecule has 0 bridgehead atoms. The lowest BCUT2D eigenvalue weighted by Crippen LogP contribution is -2.39. The molecule has 1 amide bonds. The Morgan fingerprint density at radius 3 is 2.67 bits per heavy atom. The molecule has 2 rings (SSSR count). The second-order valence-electron chi connectivity index (χ2n) is 5.06. The molecule has 4 N–H and O–H groups in total. The average molecular weight is 345 g/mol. The number of thiophene rings is 1. The summed E-state index contributed by atoms with van der Waals surface area (Å²) in [4.78, 5) is 23.5. The molecular formula is C16H16BNO5S. The molecule has 1 heterocycles. The van der Waals surface area contributed by atoms with Crippen molar-refractivity contribution in [2.75, 3.05) is 0 Å². The highest BCUT2D eigenvalue weighted by Crippen LogP contribution is 2.18. The third kappa shape index (κ3) is 5.34. The summed E-state index contributed by atoms with van der Waals surface area (Å²) in [5.74, 6) is -2.42. The van der Waals surface area contributed by atoms with Gasteiger partial charge in [-0.3, -0.25) is 4.79 Å². The number of benzene rings is 1. The van der Waals surface area contributed by atoms with Crippen molar-refractivity contribution in [1.82, 2.24) is 5.32 Å². The Bertz CT molecular complexity index is 730. The number of carbonyl (C=O) groups is 2. The maximum Gasteiger partial charge on any atom is 0.480 e. The van der Waals surface area contributed by atoms with Crippen LogP contribution in [0, 0.1) is 0 Å². The Kier molecular flexibility index (Phi) is 6.31. The molecule has 0 aliphatic carbocycles. The van der Waals surface area contributed by atoms with Gasteiger partial charge in [0, 0.05) is 11.0 Å². The fourth-order valence-corrected chi connectivity index (χ4v) is 2.85. The van der Waals surface area contributed by atoms with E-state index in [0.29, 0.717) is 11.1 Å². The number of carboxylic acids is 1. The number of hydrogen-bond acceptors (Lipinski definition) is 5. The summed E-state index contributed by atoms with van der Waals surface area (Å²) in [6.45, 7) is 0. The second-order valence-corrected chi connectivity index (χ2v) is 6.09. The molecule has 1 aromatic carbocycles. The molecule has 0 spiro atoms. The fraction of sp³-hybridized carbons (Fsp3) is 0.125. The average Bonchev–Trinajstić information content (AvgIpc) is 3.03. The Labute approximate surface area is 143 Å². The van der Waals surface area contributed by atoms with Crippen LogP contribution in [-0.2, 0) is 16.0 Å². The Balaban J connectivity index is 2.13. The van der Waals surface area contributed by atoms with Crippen molar-refractivity contribution in [2.45, 2.75) is 12.4 Å². The minimum absolute atomic E-state index is 0.152. The minimum atomic E-state index is -1.78. The highest BCUT2D eigenvalue weighted by molar-refractivity contribution is 7.10. The van der Waals surface area contributed by atoms with Crippen molar-refractivity contribution in [1.29, 1.82) is 0 Å². The van der Waals surface area contributed by atoms with Crippen LogP contribution in [0.15, 0.2) is 47.9 Å². The van der Waals surface area contributed by atoms with Crippen LogP contribution in [0.5, 0.6) is 0 Å². The number of carbonyl (C=O) groups excluding carboxylic acids is 1. The van der Waals surface area contributed by atoms with E-state index in [1.54, 1.807) is 24.3 Å². The predicted molar refractivity (Wildman–Crippen MR) is 92.2 cm³/mol. The van der Waals surface area contributed by atoms with Gasteiger partial charge >= 0.3 is 13.1 Å². The van der Waals surface area contributed by atoms with Crippen LogP contribution in [0.4, 0.5) is 0 Å². The van der Waals surface area contributed by atoms with E-state index in [1.807, 2.05) is 17.5 Å². The van der Waals surface area contributed by atoms with Gasteiger partial charge in [-0.1, -0.05) is 30.3 Å². The van der Waals surface area contributed by atoms with Gasteiger partial charge in [-0.25, -0.2) is 4.79 Å². The van der Waals surface area contributed by atoms with Crippen LogP contribution in [-0.4, -0.2) is 34.1 Å². The molecule has 8 heteroatoms. The highest BCUT2D eigenvalue weighted by atomic mass is 32.1. The molecule has 0 fully saturated rings.